The maximum atomic E-state index is 13.4. The van der Waals surface area contributed by atoms with E-state index in [1.807, 2.05) is 5.43 Å². The fourth-order valence-electron chi connectivity index (χ4n) is 1.05. The van der Waals surface area contributed by atoms with Gasteiger partial charge >= 0.3 is 0 Å². The van der Waals surface area contributed by atoms with Crippen LogP contribution in [0, 0.1) is 11.6 Å². The summed E-state index contributed by atoms with van der Waals surface area (Å²) in [5.41, 5.74) is 2.04. The number of anilines is 1. The molecular formula is C9H7F2N5S. The van der Waals surface area contributed by atoms with E-state index in [4.69, 9.17) is 5.84 Å². The van der Waals surface area contributed by atoms with Gasteiger partial charge in [0.15, 0.2) is 22.6 Å². The highest BCUT2D eigenvalue weighted by atomic mass is 32.2. The van der Waals surface area contributed by atoms with Gasteiger partial charge in [0.1, 0.15) is 5.03 Å². The molecule has 0 aliphatic carbocycles. The molecule has 0 fully saturated rings. The summed E-state index contributed by atoms with van der Waals surface area (Å²) in [7, 11) is 0. The molecule has 0 radical (unpaired) electrons. The van der Waals surface area contributed by atoms with Crippen LogP contribution >= 0.6 is 11.8 Å². The predicted octanol–water partition coefficient (Wildman–Crippen LogP) is 1.59. The maximum absolute atomic E-state index is 13.4. The number of nitrogens with zero attached hydrogens (tertiary/aromatic N) is 3. The Kier molecular flexibility index (Phi) is 3.45. The van der Waals surface area contributed by atoms with Crippen LogP contribution < -0.4 is 11.3 Å². The van der Waals surface area contributed by atoms with Gasteiger partial charge in [-0.3, -0.25) is 0 Å². The minimum atomic E-state index is -0.858. The quantitative estimate of drug-likeness (QED) is 0.492. The Labute approximate surface area is 99.5 Å². The van der Waals surface area contributed by atoms with Gasteiger partial charge in [0.25, 0.3) is 0 Å². The molecule has 2 heterocycles. The molecule has 0 unspecified atom stereocenters. The van der Waals surface area contributed by atoms with Crippen LogP contribution in [0.4, 0.5) is 14.6 Å². The van der Waals surface area contributed by atoms with Crippen molar-refractivity contribution in [2.45, 2.75) is 10.2 Å². The van der Waals surface area contributed by atoms with Crippen LogP contribution in [0.5, 0.6) is 0 Å². The van der Waals surface area contributed by atoms with Crippen molar-refractivity contribution < 1.29 is 8.78 Å². The van der Waals surface area contributed by atoms with E-state index >= 15 is 0 Å². The molecule has 2 aromatic heterocycles. The van der Waals surface area contributed by atoms with E-state index in [9.17, 15) is 8.78 Å². The average molecular weight is 255 g/mol. The number of hydrogen-bond donors (Lipinski definition) is 2. The van der Waals surface area contributed by atoms with Gasteiger partial charge in [-0.2, -0.15) is 0 Å². The summed E-state index contributed by atoms with van der Waals surface area (Å²) >= 11 is 0.882. The molecule has 0 aliphatic rings. The molecule has 0 aromatic carbocycles. The molecule has 0 aliphatic heterocycles. The summed E-state index contributed by atoms with van der Waals surface area (Å²) in [4.78, 5) is 11.5. The van der Waals surface area contributed by atoms with Crippen LogP contribution in [0.1, 0.15) is 0 Å². The second kappa shape index (κ2) is 5.02. The number of hydrazine groups is 1. The topological polar surface area (TPSA) is 76.7 Å². The summed E-state index contributed by atoms with van der Waals surface area (Å²) in [6, 6.07) is 2.33. The van der Waals surface area contributed by atoms with Crippen molar-refractivity contribution in [2.75, 3.05) is 5.43 Å². The number of nitrogens with one attached hydrogen (secondary N) is 1. The van der Waals surface area contributed by atoms with Crippen molar-refractivity contribution in [3.05, 3.63) is 36.2 Å². The lowest BCUT2D eigenvalue weighted by Crippen LogP contribution is -2.11. The Morgan fingerprint density at radius 1 is 1.18 bits per heavy atom. The highest BCUT2D eigenvalue weighted by molar-refractivity contribution is 7.99. The van der Waals surface area contributed by atoms with E-state index in [-0.39, 0.29) is 10.8 Å². The van der Waals surface area contributed by atoms with Crippen molar-refractivity contribution in [1.29, 1.82) is 0 Å². The highest BCUT2D eigenvalue weighted by Gasteiger charge is 2.13. The molecule has 8 heteroatoms. The van der Waals surface area contributed by atoms with Crippen molar-refractivity contribution in [2.24, 2.45) is 5.84 Å². The van der Waals surface area contributed by atoms with Crippen LogP contribution in [0.15, 0.2) is 34.7 Å². The van der Waals surface area contributed by atoms with Crippen molar-refractivity contribution in [3.63, 3.8) is 0 Å². The first-order valence-electron chi connectivity index (χ1n) is 4.48. The van der Waals surface area contributed by atoms with Gasteiger partial charge in [-0.15, -0.1) is 0 Å². The minimum absolute atomic E-state index is 0.0504. The predicted molar refractivity (Wildman–Crippen MR) is 58.1 cm³/mol. The molecule has 3 N–H and O–H groups in total. The molecule has 2 aromatic rings. The third kappa shape index (κ3) is 2.66. The lowest BCUT2D eigenvalue weighted by Gasteiger charge is -2.05. The van der Waals surface area contributed by atoms with E-state index in [0.717, 1.165) is 11.8 Å². The zero-order chi connectivity index (χ0) is 12.3. The lowest BCUT2D eigenvalue weighted by molar-refractivity contribution is 0.551. The summed E-state index contributed by atoms with van der Waals surface area (Å²) in [6.07, 6.45) is 3.03. The van der Waals surface area contributed by atoms with Gasteiger partial charge in [-0.1, -0.05) is 0 Å². The summed E-state index contributed by atoms with van der Waals surface area (Å²) < 4.78 is 26.5. The lowest BCUT2D eigenvalue weighted by atomic mass is 10.4. The van der Waals surface area contributed by atoms with Crippen LogP contribution in [-0.4, -0.2) is 15.0 Å². The molecule has 0 bridgehead atoms. The molecule has 0 saturated carbocycles. The van der Waals surface area contributed by atoms with E-state index in [2.05, 4.69) is 15.0 Å². The van der Waals surface area contributed by atoms with Crippen LogP contribution in [0.2, 0.25) is 0 Å². The average Bonchev–Trinajstić information content (AvgIpc) is 2.34. The number of rotatable bonds is 3. The zero-order valence-corrected chi connectivity index (χ0v) is 9.21. The fraction of sp³-hybridized carbons (Fsp3) is 0. The van der Waals surface area contributed by atoms with E-state index in [0.29, 0.717) is 11.2 Å². The second-order valence-corrected chi connectivity index (χ2v) is 3.84. The summed E-state index contributed by atoms with van der Waals surface area (Å²) in [5.74, 6) is 3.17. The first kappa shape index (κ1) is 11.7. The number of pyridine rings is 1. The summed E-state index contributed by atoms with van der Waals surface area (Å²) in [5, 5.41) is 0.263. The first-order valence-corrected chi connectivity index (χ1v) is 5.30. The van der Waals surface area contributed by atoms with Crippen molar-refractivity contribution in [3.8, 4) is 0 Å². The summed E-state index contributed by atoms with van der Waals surface area (Å²) in [6.45, 7) is 0. The Balaban J connectivity index is 2.33. The molecule has 0 atom stereocenters. The standard InChI is InChI=1S/C9H7F2N5S/c10-5-4-6(11)8(15-7(5)16-12)17-9-13-2-1-3-14-9/h1-4H,12H2,(H,15,16). The third-order valence-electron chi connectivity index (χ3n) is 1.76. The van der Waals surface area contributed by atoms with Gasteiger partial charge in [0.05, 0.1) is 0 Å². The van der Waals surface area contributed by atoms with E-state index in [1.165, 1.54) is 12.4 Å². The molecule has 5 nitrogen and oxygen atoms in total. The van der Waals surface area contributed by atoms with Crippen molar-refractivity contribution in [1.82, 2.24) is 15.0 Å². The normalized spacial score (nSPS) is 10.3. The van der Waals surface area contributed by atoms with Crippen molar-refractivity contribution >= 4 is 17.6 Å². The molecule has 0 amide bonds. The maximum Gasteiger partial charge on any atom is 0.193 e. The Hall–Kier alpha value is -1.80. The Morgan fingerprint density at radius 2 is 1.88 bits per heavy atom. The van der Waals surface area contributed by atoms with Gasteiger partial charge < -0.3 is 5.43 Å². The molecular weight excluding hydrogens is 248 g/mol. The van der Waals surface area contributed by atoms with Gasteiger partial charge in [0.2, 0.25) is 0 Å². The number of nitrogen functional groups attached to an aromatic ring is 1. The Bertz CT molecular complexity index is 522. The van der Waals surface area contributed by atoms with E-state index < -0.39 is 11.6 Å². The fourth-order valence-corrected chi connectivity index (χ4v) is 1.74. The van der Waals surface area contributed by atoms with Crippen LogP contribution in [0.3, 0.4) is 0 Å². The number of aromatic nitrogens is 3. The van der Waals surface area contributed by atoms with Gasteiger partial charge in [0, 0.05) is 18.5 Å². The molecule has 0 saturated heterocycles. The monoisotopic (exact) mass is 255 g/mol. The van der Waals surface area contributed by atoms with Gasteiger partial charge in [-0.25, -0.2) is 29.6 Å². The second-order valence-electron chi connectivity index (χ2n) is 2.88. The molecule has 0 spiro atoms. The number of nitrogens with two attached hydrogens (primary N) is 1. The van der Waals surface area contributed by atoms with Crippen LogP contribution in [0.25, 0.3) is 0 Å². The van der Waals surface area contributed by atoms with Gasteiger partial charge in [-0.05, 0) is 17.8 Å². The minimum Gasteiger partial charge on any atom is -0.306 e. The zero-order valence-electron chi connectivity index (χ0n) is 8.39. The van der Waals surface area contributed by atoms with Crippen LogP contribution in [-0.2, 0) is 0 Å². The molecule has 88 valence electrons. The number of hydrogen-bond acceptors (Lipinski definition) is 6. The Morgan fingerprint density at radius 3 is 2.53 bits per heavy atom. The third-order valence-corrected chi connectivity index (χ3v) is 2.64. The highest BCUT2D eigenvalue weighted by Crippen LogP contribution is 2.27. The largest absolute Gasteiger partial charge is 0.306 e. The van der Waals surface area contributed by atoms with E-state index in [1.54, 1.807) is 6.07 Å². The molecule has 2 rings (SSSR count). The smallest absolute Gasteiger partial charge is 0.193 e. The SMILES string of the molecule is NNc1nc(Sc2ncccn2)c(F)cc1F. The number of halogens is 2. The molecule has 17 heavy (non-hydrogen) atoms. The first-order chi connectivity index (χ1) is 8.20.